The molecule has 1 spiro atoms. The van der Waals surface area contributed by atoms with E-state index in [4.69, 9.17) is 9.84 Å². The minimum atomic E-state index is -0.611. The molecule has 0 aromatic rings. The molecule has 0 radical (unpaired) electrons. The maximum Gasteiger partial charge on any atom is 0.311 e. The summed E-state index contributed by atoms with van der Waals surface area (Å²) in [6.07, 6.45) is 11.9. The van der Waals surface area contributed by atoms with E-state index in [-0.39, 0.29) is 31.0 Å². The van der Waals surface area contributed by atoms with Gasteiger partial charge in [-0.1, -0.05) is 44.8 Å². The lowest BCUT2D eigenvalue weighted by atomic mass is 9.66. The molecular formula is C29H46N2O5S. The third-order valence-corrected chi connectivity index (χ3v) is 10.3. The summed E-state index contributed by atoms with van der Waals surface area (Å²) < 4.78 is 4.59. The van der Waals surface area contributed by atoms with E-state index in [1.807, 2.05) is 4.90 Å². The molecule has 3 fully saturated rings. The summed E-state index contributed by atoms with van der Waals surface area (Å²) in [5.41, 5.74) is 0. The standard InChI is InChI=1S/C29H46N2O5S/c1-5-8-12-18-30(17-7-3)26(34)24-29-16-15-28(4,37-29)23(27(35)36-21-9-6-2)22(29)25(33)31(24)19-13-10-11-14-20-32/h6-7,22-24,32H,2-3,5,8-21H2,1,4H3/t22-,23+,24?,28-,29?/m0/s1. The fourth-order valence-corrected chi connectivity index (χ4v) is 8.90. The molecule has 5 atom stereocenters. The SMILES string of the molecule is C=CCCOC(=O)[C@H]1[C@H]2C(=O)N(CCCCCCO)C(C(=O)N(CC=C)CCCCC)C23CC[C@]1(C)S3. The number of carbonyl (C=O) groups is 3. The molecule has 3 heterocycles. The molecule has 0 aromatic carbocycles. The van der Waals surface area contributed by atoms with Gasteiger partial charge in [0.2, 0.25) is 11.8 Å². The van der Waals surface area contributed by atoms with Crippen molar-refractivity contribution in [2.45, 2.75) is 93.6 Å². The molecule has 3 rings (SSSR count). The van der Waals surface area contributed by atoms with E-state index >= 15 is 0 Å². The second kappa shape index (κ2) is 13.3. The maximum atomic E-state index is 14.2. The average Bonchev–Trinajstić information content (AvgIpc) is 3.44. The number of rotatable bonds is 17. The number of hydrogen-bond donors (Lipinski definition) is 1. The smallest absolute Gasteiger partial charge is 0.311 e. The predicted octanol–water partition coefficient (Wildman–Crippen LogP) is 4.34. The predicted molar refractivity (Wildman–Crippen MR) is 148 cm³/mol. The summed E-state index contributed by atoms with van der Waals surface area (Å²) in [6.45, 7) is 13.8. The first-order chi connectivity index (χ1) is 17.8. The van der Waals surface area contributed by atoms with Crippen LogP contribution < -0.4 is 0 Å². The zero-order valence-electron chi connectivity index (χ0n) is 22.8. The topological polar surface area (TPSA) is 87.1 Å². The van der Waals surface area contributed by atoms with E-state index in [2.05, 4.69) is 27.0 Å². The van der Waals surface area contributed by atoms with Gasteiger partial charge in [-0.2, -0.15) is 0 Å². The molecule has 3 saturated heterocycles. The van der Waals surface area contributed by atoms with Crippen LogP contribution >= 0.6 is 11.8 Å². The summed E-state index contributed by atoms with van der Waals surface area (Å²) in [5.74, 6) is -1.50. The van der Waals surface area contributed by atoms with Crippen molar-refractivity contribution in [1.82, 2.24) is 9.80 Å². The van der Waals surface area contributed by atoms with E-state index in [9.17, 15) is 14.4 Å². The lowest BCUT2D eigenvalue weighted by Crippen LogP contribution is -2.55. The zero-order chi connectivity index (χ0) is 27.1. The highest BCUT2D eigenvalue weighted by atomic mass is 32.2. The molecule has 7 nitrogen and oxygen atoms in total. The second-order valence-electron chi connectivity index (χ2n) is 10.9. The zero-order valence-corrected chi connectivity index (χ0v) is 23.6. The summed E-state index contributed by atoms with van der Waals surface area (Å²) in [7, 11) is 0. The number of unbranched alkanes of at least 4 members (excludes halogenated alkanes) is 5. The number of esters is 1. The van der Waals surface area contributed by atoms with Gasteiger partial charge in [0, 0.05) is 31.0 Å². The van der Waals surface area contributed by atoms with Crippen molar-refractivity contribution in [3.63, 3.8) is 0 Å². The molecule has 0 saturated carbocycles. The molecule has 2 bridgehead atoms. The van der Waals surface area contributed by atoms with E-state index in [0.717, 1.165) is 57.8 Å². The Hall–Kier alpha value is -1.80. The minimum Gasteiger partial charge on any atom is -0.465 e. The van der Waals surface area contributed by atoms with Crippen molar-refractivity contribution in [1.29, 1.82) is 0 Å². The summed E-state index contributed by atoms with van der Waals surface area (Å²) in [5, 5.41) is 9.12. The fraction of sp³-hybridized carbons (Fsp3) is 0.759. The van der Waals surface area contributed by atoms with Crippen LogP contribution in [0.4, 0.5) is 0 Å². The molecule has 1 N–H and O–H groups in total. The van der Waals surface area contributed by atoms with Gasteiger partial charge < -0.3 is 19.6 Å². The second-order valence-corrected chi connectivity index (χ2v) is 12.8. The number of aliphatic hydroxyl groups excluding tert-OH is 1. The molecule has 8 heteroatoms. The van der Waals surface area contributed by atoms with E-state index < -0.39 is 27.4 Å². The van der Waals surface area contributed by atoms with Crippen molar-refractivity contribution in [3.05, 3.63) is 25.3 Å². The van der Waals surface area contributed by atoms with Gasteiger partial charge in [-0.05, 0) is 45.4 Å². The molecule has 3 aliphatic heterocycles. The Morgan fingerprint density at radius 3 is 2.59 bits per heavy atom. The van der Waals surface area contributed by atoms with Crippen molar-refractivity contribution in [3.8, 4) is 0 Å². The number of aliphatic hydroxyl groups is 1. The normalized spacial score (nSPS) is 29.9. The highest BCUT2D eigenvalue weighted by molar-refractivity contribution is 8.02. The highest BCUT2D eigenvalue weighted by Gasteiger charge is 2.77. The van der Waals surface area contributed by atoms with Crippen LogP contribution in [0.25, 0.3) is 0 Å². The quantitative estimate of drug-likeness (QED) is 0.170. The number of hydrogen-bond acceptors (Lipinski definition) is 6. The Morgan fingerprint density at radius 1 is 1.16 bits per heavy atom. The van der Waals surface area contributed by atoms with Gasteiger partial charge in [0.1, 0.15) is 6.04 Å². The molecule has 37 heavy (non-hydrogen) atoms. The summed E-state index contributed by atoms with van der Waals surface area (Å²) in [6, 6.07) is -0.581. The molecular weight excluding hydrogens is 488 g/mol. The molecule has 2 amide bonds. The van der Waals surface area contributed by atoms with E-state index in [1.165, 1.54) is 0 Å². The Labute approximate surface area is 227 Å². The van der Waals surface area contributed by atoms with Gasteiger partial charge in [-0.3, -0.25) is 14.4 Å². The van der Waals surface area contributed by atoms with Crippen LogP contribution in [0.2, 0.25) is 0 Å². The minimum absolute atomic E-state index is 0.0142. The van der Waals surface area contributed by atoms with E-state index in [1.54, 1.807) is 28.8 Å². The van der Waals surface area contributed by atoms with Crippen LogP contribution in [-0.2, 0) is 19.1 Å². The van der Waals surface area contributed by atoms with Crippen molar-refractivity contribution in [2.75, 3.05) is 32.8 Å². The van der Waals surface area contributed by atoms with Gasteiger partial charge in [-0.15, -0.1) is 24.9 Å². The molecule has 0 aliphatic carbocycles. The summed E-state index contributed by atoms with van der Waals surface area (Å²) >= 11 is 1.69. The monoisotopic (exact) mass is 534 g/mol. The first-order valence-corrected chi connectivity index (χ1v) is 14.9. The van der Waals surface area contributed by atoms with Crippen LogP contribution in [0.15, 0.2) is 25.3 Å². The maximum absolute atomic E-state index is 14.2. The van der Waals surface area contributed by atoms with Crippen LogP contribution in [0.1, 0.15) is 78.1 Å². The van der Waals surface area contributed by atoms with Gasteiger partial charge in [-0.25, -0.2) is 0 Å². The highest BCUT2D eigenvalue weighted by Crippen LogP contribution is 2.71. The molecule has 0 aromatic heterocycles. The Balaban J connectivity index is 1.92. The Bertz CT molecular complexity index is 850. The van der Waals surface area contributed by atoms with Crippen molar-refractivity contribution < 1.29 is 24.2 Å². The van der Waals surface area contributed by atoms with Crippen molar-refractivity contribution >= 4 is 29.5 Å². The molecule has 2 unspecified atom stereocenters. The first-order valence-electron chi connectivity index (χ1n) is 14.1. The third-order valence-electron chi connectivity index (χ3n) is 8.33. The van der Waals surface area contributed by atoms with Crippen LogP contribution in [0, 0.1) is 11.8 Å². The number of carbonyl (C=O) groups excluding carboxylic acids is 3. The average molecular weight is 535 g/mol. The number of nitrogens with zero attached hydrogens (tertiary/aromatic N) is 2. The van der Waals surface area contributed by atoms with Crippen molar-refractivity contribution in [2.24, 2.45) is 11.8 Å². The van der Waals surface area contributed by atoms with Gasteiger partial charge in [0.15, 0.2) is 0 Å². The van der Waals surface area contributed by atoms with Crippen LogP contribution in [-0.4, -0.2) is 81.1 Å². The van der Waals surface area contributed by atoms with Crippen LogP contribution in [0.5, 0.6) is 0 Å². The third kappa shape index (κ3) is 5.95. The fourth-order valence-electron chi connectivity index (χ4n) is 6.56. The number of fused-ring (bicyclic) bond motifs is 1. The number of ether oxygens (including phenoxy) is 1. The lowest BCUT2D eigenvalue weighted by Gasteiger charge is -2.37. The largest absolute Gasteiger partial charge is 0.465 e. The first kappa shape index (κ1) is 29.8. The Kier molecular flexibility index (Phi) is 10.7. The van der Waals surface area contributed by atoms with Gasteiger partial charge in [0.05, 0.1) is 23.2 Å². The van der Waals surface area contributed by atoms with Gasteiger partial charge in [0.25, 0.3) is 0 Å². The van der Waals surface area contributed by atoms with Gasteiger partial charge >= 0.3 is 5.97 Å². The lowest BCUT2D eigenvalue weighted by molar-refractivity contribution is -0.155. The molecule has 208 valence electrons. The number of amides is 2. The number of likely N-dealkylation sites (tertiary alicyclic amines) is 1. The summed E-state index contributed by atoms with van der Waals surface area (Å²) in [4.78, 5) is 45.4. The van der Waals surface area contributed by atoms with E-state index in [0.29, 0.717) is 26.1 Å². The van der Waals surface area contributed by atoms with Crippen LogP contribution in [0.3, 0.4) is 0 Å². The number of thioether (sulfide) groups is 1. The molecule has 3 aliphatic rings. The Morgan fingerprint density at radius 2 is 1.92 bits per heavy atom.